The molecule has 12 heteroatoms. The SMILES string of the molecule is CCOC(=O)N1C=NN(c2ccc(N3C[C@H](CNC(=O)c4ccc(Cl)s4)OC3=O)cc2)CC1. The summed E-state index contributed by atoms with van der Waals surface area (Å²) in [5.41, 5.74) is 1.50. The first kappa shape index (κ1) is 22.9. The summed E-state index contributed by atoms with van der Waals surface area (Å²) in [7, 11) is 0. The normalized spacial score (nSPS) is 17.8. The molecule has 1 aromatic carbocycles. The average molecular weight is 492 g/mol. The van der Waals surface area contributed by atoms with Crippen LogP contribution in [0.2, 0.25) is 4.34 Å². The maximum atomic E-state index is 12.3. The zero-order chi connectivity index (χ0) is 23.4. The Morgan fingerprint density at radius 1 is 1.21 bits per heavy atom. The first-order valence-electron chi connectivity index (χ1n) is 10.3. The quantitative estimate of drug-likeness (QED) is 0.664. The van der Waals surface area contributed by atoms with Gasteiger partial charge < -0.3 is 14.8 Å². The minimum Gasteiger partial charge on any atom is -0.449 e. The zero-order valence-corrected chi connectivity index (χ0v) is 19.3. The highest BCUT2D eigenvalue weighted by molar-refractivity contribution is 7.18. The second-order valence-corrected chi connectivity index (χ2v) is 8.91. The Morgan fingerprint density at radius 3 is 2.61 bits per heavy atom. The summed E-state index contributed by atoms with van der Waals surface area (Å²) in [5.74, 6) is -0.255. The molecule has 1 aromatic heterocycles. The summed E-state index contributed by atoms with van der Waals surface area (Å²) in [6.45, 7) is 3.55. The smallest absolute Gasteiger partial charge is 0.415 e. The molecule has 2 aliphatic heterocycles. The Morgan fingerprint density at radius 2 is 1.97 bits per heavy atom. The maximum absolute atomic E-state index is 12.3. The fourth-order valence-corrected chi connectivity index (χ4v) is 4.32. The van der Waals surface area contributed by atoms with Gasteiger partial charge in [-0.2, -0.15) is 5.10 Å². The molecule has 174 valence electrons. The van der Waals surface area contributed by atoms with Crippen LogP contribution in [0, 0.1) is 0 Å². The van der Waals surface area contributed by atoms with Crippen LogP contribution in [0.3, 0.4) is 0 Å². The second kappa shape index (κ2) is 10.1. The van der Waals surface area contributed by atoms with E-state index in [9.17, 15) is 14.4 Å². The van der Waals surface area contributed by atoms with Crippen LogP contribution < -0.4 is 15.2 Å². The van der Waals surface area contributed by atoms with Crippen LogP contribution >= 0.6 is 22.9 Å². The van der Waals surface area contributed by atoms with Gasteiger partial charge in [0.15, 0.2) is 0 Å². The predicted molar refractivity (Wildman–Crippen MR) is 125 cm³/mol. The number of thiophene rings is 1. The van der Waals surface area contributed by atoms with Gasteiger partial charge >= 0.3 is 12.2 Å². The van der Waals surface area contributed by atoms with Crippen molar-refractivity contribution >= 4 is 58.7 Å². The molecule has 2 aliphatic rings. The van der Waals surface area contributed by atoms with E-state index < -0.39 is 18.3 Å². The van der Waals surface area contributed by atoms with Crippen molar-refractivity contribution in [3.05, 3.63) is 45.6 Å². The number of hydrogen-bond donors (Lipinski definition) is 1. The number of nitrogens with zero attached hydrogens (tertiary/aromatic N) is 4. The second-order valence-electron chi connectivity index (χ2n) is 7.19. The van der Waals surface area contributed by atoms with Gasteiger partial charge in [0.1, 0.15) is 12.4 Å². The van der Waals surface area contributed by atoms with Crippen molar-refractivity contribution in [3.63, 3.8) is 0 Å². The lowest BCUT2D eigenvalue weighted by molar-refractivity contribution is 0.0920. The van der Waals surface area contributed by atoms with Crippen LogP contribution in [0.15, 0.2) is 41.5 Å². The van der Waals surface area contributed by atoms with Crippen molar-refractivity contribution in [2.45, 2.75) is 13.0 Å². The third-order valence-corrected chi connectivity index (χ3v) is 6.24. The molecule has 0 spiro atoms. The van der Waals surface area contributed by atoms with Gasteiger partial charge in [-0.1, -0.05) is 11.6 Å². The molecular formula is C21H22ClN5O5S. The summed E-state index contributed by atoms with van der Waals surface area (Å²) in [6.07, 6.45) is 0.0871. The van der Waals surface area contributed by atoms with Crippen molar-refractivity contribution in [1.82, 2.24) is 10.2 Å². The Labute approximate surface area is 199 Å². The molecule has 3 heterocycles. The highest BCUT2D eigenvalue weighted by atomic mass is 35.5. The summed E-state index contributed by atoms with van der Waals surface area (Å²) in [6, 6.07) is 10.6. The van der Waals surface area contributed by atoms with E-state index in [1.54, 1.807) is 36.2 Å². The number of ether oxygens (including phenoxy) is 2. The summed E-state index contributed by atoms with van der Waals surface area (Å²) in [5, 5.41) is 8.82. The Kier molecular flexibility index (Phi) is 6.99. The molecule has 0 saturated carbocycles. The van der Waals surface area contributed by atoms with E-state index in [1.165, 1.54) is 27.5 Å². The van der Waals surface area contributed by atoms with E-state index in [4.69, 9.17) is 21.1 Å². The van der Waals surface area contributed by atoms with Crippen LogP contribution in [0.25, 0.3) is 0 Å². The molecule has 1 N–H and O–H groups in total. The first-order chi connectivity index (χ1) is 15.9. The number of carbonyl (C=O) groups excluding carboxylic acids is 3. The number of carbonyl (C=O) groups is 3. The van der Waals surface area contributed by atoms with Crippen LogP contribution in [0.1, 0.15) is 16.6 Å². The molecule has 0 unspecified atom stereocenters. The largest absolute Gasteiger partial charge is 0.449 e. The van der Waals surface area contributed by atoms with Gasteiger partial charge in [0, 0.05) is 12.2 Å². The maximum Gasteiger partial charge on any atom is 0.415 e. The Hall–Kier alpha value is -3.31. The number of rotatable bonds is 6. The third kappa shape index (κ3) is 5.37. The summed E-state index contributed by atoms with van der Waals surface area (Å²) >= 11 is 7.05. The molecule has 0 aliphatic carbocycles. The average Bonchev–Trinajstić information content (AvgIpc) is 3.43. The van der Waals surface area contributed by atoms with Crippen LogP contribution in [0.5, 0.6) is 0 Å². The van der Waals surface area contributed by atoms with Gasteiger partial charge in [0.05, 0.1) is 41.1 Å². The molecule has 10 nitrogen and oxygen atoms in total. The standard InChI is InChI=1S/C21H22ClN5O5S/c1-2-31-20(29)25-9-10-27(24-13-25)15-5-3-14(4-6-15)26-12-16(32-21(26)30)11-23-19(28)17-7-8-18(22)33-17/h3-8,13,16H,2,9-12H2,1H3,(H,23,28)/t16-/m0/s1. The molecule has 1 fully saturated rings. The van der Waals surface area contributed by atoms with Crippen molar-refractivity contribution in [2.24, 2.45) is 5.10 Å². The number of halogens is 1. The number of hydrogen-bond acceptors (Lipinski definition) is 8. The Balaban J connectivity index is 1.31. The van der Waals surface area contributed by atoms with Gasteiger partial charge in [-0.15, -0.1) is 11.3 Å². The molecule has 2 aromatic rings. The van der Waals surface area contributed by atoms with E-state index in [1.807, 2.05) is 12.1 Å². The fourth-order valence-electron chi connectivity index (χ4n) is 3.36. The van der Waals surface area contributed by atoms with Gasteiger partial charge in [0.25, 0.3) is 5.91 Å². The predicted octanol–water partition coefficient (Wildman–Crippen LogP) is 3.38. The number of nitrogens with one attached hydrogen (secondary N) is 1. The molecule has 1 atom stereocenters. The van der Waals surface area contributed by atoms with Gasteiger partial charge in [-0.25, -0.2) is 9.59 Å². The van der Waals surface area contributed by atoms with Gasteiger partial charge in [-0.05, 0) is 43.3 Å². The molecule has 33 heavy (non-hydrogen) atoms. The highest BCUT2D eigenvalue weighted by Gasteiger charge is 2.32. The van der Waals surface area contributed by atoms with E-state index in [-0.39, 0.29) is 12.5 Å². The zero-order valence-electron chi connectivity index (χ0n) is 17.8. The van der Waals surface area contributed by atoms with E-state index in [0.717, 1.165) is 5.69 Å². The van der Waals surface area contributed by atoms with Crippen LogP contribution in [-0.2, 0) is 9.47 Å². The lowest BCUT2D eigenvalue weighted by atomic mass is 10.2. The minimum absolute atomic E-state index is 0.203. The number of anilines is 2. The van der Waals surface area contributed by atoms with Gasteiger partial charge in [-0.3, -0.25) is 19.6 Å². The van der Waals surface area contributed by atoms with Crippen molar-refractivity contribution in [1.29, 1.82) is 0 Å². The molecular weight excluding hydrogens is 470 g/mol. The lowest BCUT2D eigenvalue weighted by Crippen LogP contribution is -2.41. The first-order valence-corrected chi connectivity index (χ1v) is 11.5. The van der Waals surface area contributed by atoms with E-state index >= 15 is 0 Å². The number of hydrazone groups is 1. The number of benzene rings is 1. The van der Waals surface area contributed by atoms with Crippen LogP contribution in [0.4, 0.5) is 21.0 Å². The molecule has 0 radical (unpaired) electrons. The van der Waals surface area contributed by atoms with Crippen molar-refractivity contribution < 1.29 is 23.9 Å². The summed E-state index contributed by atoms with van der Waals surface area (Å²) < 4.78 is 10.9. The molecule has 3 amide bonds. The minimum atomic E-state index is -0.470. The van der Waals surface area contributed by atoms with E-state index in [2.05, 4.69) is 10.4 Å². The number of amides is 3. The summed E-state index contributed by atoms with van der Waals surface area (Å²) in [4.78, 5) is 39.7. The van der Waals surface area contributed by atoms with Crippen molar-refractivity contribution in [2.75, 3.05) is 42.7 Å². The Bertz CT molecular complexity index is 1060. The topological polar surface area (TPSA) is 104 Å². The number of cyclic esters (lactones) is 1. The van der Waals surface area contributed by atoms with Gasteiger partial charge in [0.2, 0.25) is 0 Å². The van der Waals surface area contributed by atoms with E-state index in [0.29, 0.717) is 41.1 Å². The highest BCUT2D eigenvalue weighted by Crippen LogP contribution is 2.26. The molecule has 4 rings (SSSR count). The monoisotopic (exact) mass is 491 g/mol. The fraction of sp³-hybridized carbons (Fsp3) is 0.333. The molecule has 1 saturated heterocycles. The van der Waals surface area contributed by atoms with Crippen molar-refractivity contribution in [3.8, 4) is 0 Å². The van der Waals surface area contributed by atoms with Crippen LogP contribution in [-0.4, -0.2) is 68.2 Å². The lowest BCUT2D eigenvalue weighted by Gasteiger charge is -2.28. The molecule has 0 bridgehead atoms. The third-order valence-electron chi connectivity index (χ3n) is 5.01.